The Kier molecular flexibility index (Phi) is 6.09. The zero-order valence-corrected chi connectivity index (χ0v) is 15.9. The van der Waals surface area contributed by atoms with Crippen LogP contribution in [0.25, 0.3) is 0 Å². The molecule has 0 aliphatic heterocycles. The second-order valence-corrected chi connectivity index (χ2v) is 7.60. The molecule has 0 saturated heterocycles. The molecule has 1 saturated carbocycles. The fourth-order valence-corrected chi connectivity index (χ4v) is 4.11. The van der Waals surface area contributed by atoms with Crippen LogP contribution in [-0.2, 0) is 6.42 Å². The number of hydrogen-bond acceptors (Lipinski definition) is 1. The van der Waals surface area contributed by atoms with Crippen LogP contribution in [0.3, 0.4) is 0 Å². The molecular formula is C20H21ClF2N2S. The summed E-state index contributed by atoms with van der Waals surface area (Å²) in [7, 11) is 0. The molecular weight excluding hydrogens is 374 g/mol. The van der Waals surface area contributed by atoms with E-state index in [4.69, 9.17) is 23.8 Å². The van der Waals surface area contributed by atoms with E-state index < -0.39 is 11.6 Å². The summed E-state index contributed by atoms with van der Waals surface area (Å²) >= 11 is 11.7. The van der Waals surface area contributed by atoms with Gasteiger partial charge in [-0.3, -0.25) is 0 Å². The van der Waals surface area contributed by atoms with Gasteiger partial charge >= 0.3 is 0 Å². The predicted octanol–water partition coefficient (Wildman–Crippen LogP) is 5.85. The van der Waals surface area contributed by atoms with Crippen LogP contribution in [0, 0.1) is 11.6 Å². The number of aryl methyl sites for hydroxylation is 1. The van der Waals surface area contributed by atoms with Crippen molar-refractivity contribution in [2.24, 2.45) is 0 Å². The molecule has 26 heavy (non-hydrogen) atoms. The van der Waals surface area contributed by atoms with Crippen LogP contribution in [0.4, 0.5) is 14.5 Å². The van der Waals surface area contributed by atoms with Crippen LogP contribution in [0.1, 0.15) is 37.7 Å². The van der Waals surface area contributed by atoms with Gasteiger partial charge in [-0.1, -0.05) is 42.6 Å². The minimum Gasteiger partial charge on any atom is -0.357 e. The quantitative estimate of drug-likeness (QED) is 0.622. The molecule has 0 heterocycles. The van der Waals surface area contributed by atoms with Crippen molar-refractivity contribution < 1.29 is 8.78 Å². The van der Waals surface area contributed by atoms with Crippen molar-refractivity contribution in [2.75, 3.05) is 5.32 Å². The van der Waals surface area contributed by atoms with E-state index in [0.29, 0.717) is 10.8 Å². The SMILES string of the molecule is Fc1ccc(NC(=S)NC2(CCc3ccccc3Cl)CCCC2)cc1F. The first-order valence-corrected chi connectivity index (χ1v) is 9.54. The van der Waals surface area contributed by atoms with E-state index in [1.54, 1.807) is 0 Å². The average Bonchev–Trinajstić information content (AvgIpc) is 3.06. The predicted molar refractivity (Wildman–Crippen MR) is 107 cm³/mol. The normalized spacial score (nSPS) is 15.7. The fourth-order valence-electron chi connectivity index (χ4n) is 3.54. The molecule has 0 amide bonds. The number of rotatable bonds is 5. The van der Waals surface area contributed by atoms with Crippen LogP contribution >= 0.6 is 23.8 Å². The van der Waals surface area contributed by atoms with Gasteiger partial charge in [0.15, 0.2) is 16.7 Å². The van der Waals surface area contributed by atoms with Gasteiger partial charge in [0.1, 0.15) is 0 Å². The maximum absolute atomic E-state index is 13.4. The first kappa shape index (κ1) is 19.1. The van der Waals surface area contributed by atoms with Crippen molar-refractivity contribution in [3.8, 4) is 0 Å². The third kappa shape index (κ3) is 4.71. The van der Waals surface area contributed by atoms with E-state index in [1.807, 2.05) is 24.3 Å². The third-order valence-corrected chi connectivity index (χ3v) is 5.52. The van der Waals surface area contributed by atoms with Crippen molar-refractivity contribution in [1.82, 2.24) is 5.32 Å². The second-order valence-electron chi connectivity index (χ2n) is 6.79. The molecule has 0 atom stereocenters. The molecule has 1 aliphatic rings. The maximum Gasteiger partial charge on any atom is 0.171 e. The molecule has 2 aromatic rings. The van der Waals surface area contributed by atoms with E-state index in [0.717, 1.165) is 61.2 Å². The van der Waals surface area contributed by atoms with E-state index in [9.17, 15) is 8.78 Å². The smallest absolute Gasteiger partial charge is 0.171 e. The lowest BCUT2D eigenvalue weighted by atomic mass is 9.89. The minimum absolute atomic E-state index is 0.0954. The molecule has 0 unspecified atom stereocenters. The highest BCUT2D eigenvalue weighted by molar-refractivity contribution is 7.80. The zero-order valence-electron chi connectivity index (χ0n) is 14.3. The largest absolute Gasteiger partial charge is 0.357 e. The maximum atomic E-state index is 13.4. The summed E-state index contributed by atoms with van der Waals surface area (Å²) in [6.45, 7) is 0. The number of thiocarbonyl (C=S) groups is 1. The summed E-state index contributed by atoms with van der Waals surface area (Å²) in [5.74, 6) is -1.77. The highest BCUT2D eigenvalue weighted by atomic mass is 35.5. The van der Waals surface area contributed by atoms with Crippen molar-refractivity contribution in [2.45, 2.75) is 44.1 Å². The van der Waals surface area contributed by atoms with Crippen LogP contribution in [-0.4, -0.2) is 10.7 Å². The Morgan fingerprint density at radius 3 is 2.50 bits per heavy atom. The topological polar surface area (TPSA) is 24.1 Å². The Morgan fingerprint density at radius 1 is 1.08 bits per heavy atom. The summed E-state index contributed by atoms with van der Waals surface area (Å²) < 4.78 is 26.4. The Morgan fingerprint density at radius 2 is 1.81 bits per heavy atom. The third-order valence-electron chi connectivity index (χ3n) is 4.95. The van der Waals surface area contributed by atoms with Gasteiger partial charge in [-0.25, -0.2) is 8.78 Å². The summed E-state index contributed by atoms with van der Waals surface area (Å²) in [5, 5.41) is 7.59. The Hall–Kier alpha value is -1.72. The monoisotopic (exact) mass is 394 g/mol. The Bertz CT molecular complexity index is 791. The molecule has 1 fully saturated rings. The van der Waals surface area contributed by atoms with Gasteiger partial charge in [-0.2, -0.15) is 0 Å². The highest BCUT2D eigenvalue weighted by Crippen LogP contribution is 2.34. The van der Waals surface area contributed by atoms with E-state index >= 15 is 0 Å². The molecule has 0 radical (unpaired) electrons. The molecule has 2 aromatic carbocycles. The van der Waals surface area contributed by atoms with Gasteiger partial charge in [0.05, 0.1) is 0 Å². The standard InChI is InChI=1S/C20H21ClF2N2S/c21-16-6-2-1-5-14(16)9-12-20(10-3-4-11-20)25-19(26)24-15-7-8-17(22)18(23)13-15/h1-2,5-8,13H,3-4,9-12H2,(H2,24,25,26). The molecule has 2 nitrogen and oxygen atoms in total. The number of nitrogens with one attached hydrogen (secondary N) is 2. The van der Waals surface area contributed by atoms with Crippen molar-refractivity contribution in [3.63, 3.8) is 0 Å². The molecule has 138 valence electrons. The fraction of sp³-hybridized carbons (Fsp3) is 0.350. The lowest BCUT2D eigenvalue weighted by Crippen LogP contribution is -2.48. The lowest BCUT2D eigenvalue weighted by Gasteiger charge is -2.32. The van der Waals surface area contributed by atoms with Gasteiger partial charge in [0.25, 0.3) is 0 Å². The van der Waals surface area contributed by atoms with Crippen molar-refractivity contribution in [1.29, 1.82) is 0 Å². The van der Waals surface area contributed by atoms with Crippen LogP contribution in [0.2, 0.25) is 5.02 Å². The molecule has 1 aliphatic carbocycles. The molecule has 2 N–H and O–H groups in total. The Balaban J connectivity index is 1.64. The summed E-state index contributed by atoms with van der Waals surface area (Å²) in [6.07, 6.45) is 6.11. The summed E-state index contributed by atoms with van der Waals surface area (Å²) in [4.78, 5) is 0. The van der Waals surface area contributed by atoms with Crippen molar-refractivity contribution >= 4 is 34.6 Å². The highest BCUT2D eigenvalue weighted by Gasteiger charge is 2.34. The van der Waals surface area contributed by atoms with Gasteiger partial charge in [0, 0.05) is 22.3 Å². The zero-order chi connectivity index (χ0) is 18.6. The number of halogens is 3. The number of anilines is 1. The first-order valence-electron chi connectivity index (χ1n) is 8.75. The van der Waals surface area contributed by atoms with Gasteiger partial charge in [-0.15, -0.1) is 0 Å². The van der Waals surface area contributed by atoms with E-state index in [2.05, 4.69) is 10.6 Å². The second kappa shape index (κ2) is 8.31. The lowest BCUT2D eigenvalue weighted by molar-refractivity contribution is 0.362. The molecule has 6 heteroatoms. The number of benzene rings is 2. The van der Waals surface area contributed by atoms with Gasteiger partial charge in [0.2, 0.25) is 0 Å². The first-order chi connectivity index (χ1) is 12.5. The van der Waals surface area contributed by atoms with Crippen LogP contribution < -0.4 is 10.6 Å². The van der Waals surface area contributed by atoms with Crippen molar-refractivity contribution in [3.05, 3.63) is 64.7 Å². The minimum atomic E-state index is -0.896. The summed E-state index contributed by atoms with van der Waals surface area (Å²) in [5.41, 5.74) is 1.46. The number of hydrogen-bond donors (Lipinski definition) is 2. The van der Waals surface area contributed by atoms with E-state index in [1.165, 1.54) is 6.07 Å². The average molecular weight is 395 g/mol. The van der Waals surface area contributed by atoms with Crippen LogP contribution in [0.5, 0.6) is 0 Å². The van der Waals surface area contributed by atoms with Crippen LogP contribution in [0.15, 0.2) is 42.5 Å². The van der Waals surface area contributed by atoms with Gasteiger partial charge in [-0.05, 0) is 61.7 Å². The van der Waals surface area contributed by atoms with Gasteiger partial charge < -0.3 is 10.6 Å². The molecule has 0 bridgehead atoms. The van der Waals surface area contributed by atoms with E-state index in [-0.39, 0.29) is 5.54 Å². The summed E-state index contributed by atoms with van der Waals surface area (Å²) in [6, 6.07) is 11.5. The molecule has 3 rings (SSSR count). The Labute approximate surface area is 162 Å². The molecule has 0 spiro atoms. The molecule has 0 aromatic heterocycles.